The monoisotopic (exact) mass is 460 g/mol. The Bertz CT molecular complexity index is 751. The Morgan fingerprint density at radius 3 is 2.61 bits per heavy atom. The van der Waals surface area contributed by atoms with Gasteiger partial charge < -0.3 is 20.0 Å². The van der Waals surface area contributed by atoms with E-state index in [1.165, 1.54) is 12.8 Å². The molecule has 8 atom stereocenters. The molecule has 0 heterocycles. The molecule has 0 bridgehead atoms. The molecule has 4 aliphatic carbocycles. The molecule has 0 amide bonds. The van der Waals surface area contributed by atoms with Gasteiger partial charge in [0.15, 0.2) is 0 Å². The molecular formula is C28H48N2O3. The summed E-state index contributed by atoms with van der Waals surface area (Å²) in [6.45, 7) is 8.60. The van der Waals surface area contributed by atoms with Crippen molar-refractivity contribution >= 4 is 6.21 Å². The molecule has 4 rings (SSSR count). The number of allylic oxidation sites excluding steroid dienone is 2. The van der Waals surface area contributed by atoms with Gasteiger partial charge in [0.2, 0.25) is 0 Å². The summed E-state index contributed by atoms with van der Waals surface area (Å²) in [7, 11) is 4.14. The van der Waals surface area contributed by atoms with Gasteiger partial charge in [0.05, 0.1) is 17.9 Å². The van der Waals surface area contributed by atoms with Gasteiger partial charge in [0.25, 0.3) is 0 Å². The van der Waals surface area contributed by atoms with Crippen LogP contribution in [0.5, 0.6) is 0 Å². The van der Waals surface area contributed by atoms with Crippen LogP contribution in [-0.4, -0.2) is 60.3 Å². The van der Waals surface area contributed by atoms with E-state index in [0.717, 1.165) is 63.5 Å². The van der Waals surface area contributed by atoms with Crippen molar-refractivity contribution < 1.29 is 15.1 Å². The average Bonchev–Trinajstić information content (AvgIpc) is 3.02. The number of aliphatic hydroxyl groups is 2. The Morgan fingerprint density at radius 2 is 1.85 bits per heavy atom. The van der Waals surface area contributed by atoms with Crippen LogP contribution in [0.3, 0.4) is 0 Å². The second-order valence-corrected chi connectivity index (χ2v) is 12.6. The van der Waals surface area contributed by atoms with E-state index in [-0.39, 0.29) is 11.5 Å². The average molecular weight is 461 g/mol. The van der Waals surface area contributed by atoms with Crippen LogP contribution >= 0.6 is 0 Å². The fourth-order valence-electron chi connectivity index (χ4n) is 8.49. The summed E-state index contributed by atoms with van der Waals surface area (Å²) in [5.74, 6) is 2.02. The van der Waals surface area contributed by atoms with Gasteiger partial charge in [-0.15, -0.1) is 0 Å². The smallest absolute Gasteiger partial charge is 0.118 e. The molecule has 2 N–H and O–H groups in total. The van der Waals surface area contributed by atoms with E-state index in [2.05, 4.69) is 51.0 Å². The Balaban J connectivity index is 1.43. The van der Waals surface area contributed by atoms with Crippen LogP contribution in [0.4, 0.5) is 0 Å². The number of oxime groups is 1. The van der Waals surface area contributed by atoms with Crippen molar-refractivity contribution in [3.63, 3.8) is 0 Å². The summed E-state index contributed by atoms with van der Waals surface area (Å²) in [5.41, 5.74) is 0.797. The van der Waals surface area contributed by atoms with Crippen LogP contribution in [0.25, 0.3) is 0 Å². The van der Waals surface area contributed by atoms with Gasteiger partial charge in [-0.1, -0.05) is 25.1 Å². The summed E-state index contributed by atoms with van der Waals surface area (Å²) < 4.78 is 0. The molecule has 0 aromatic heterocycles. The van der Waals surface area contributed by atoms with Gasteiger partial charge in [0, 0.05) is 12.0 Å². The van der Waals surface area contributed by atoms with Crippen molar-refractivity contribution in [3.05, 3.63) is 11.6 Å². The minimum Gasteiger partial charge on any atom is -0.396 e. The zero-order valence-corrected chi connectivity index (χ0v) is 21.7. The highest BCUT2D eigenvalue weighted by molar-refractivity contribution is 5.77. The van der Waals surface area contributed by atoms with Gasteiger partial charge in [-0.25, -0.2) is 0 Å². The van der Waals surface area contributed by atoms with Crippen molar-refractivity contribution in [3.8, 4) is 0 Å². The highest BCUT2D eigenvalue weighted by atomic mass is 16.6. The number of rotatable bonds is 7. The maximum absolute atomic E-state index is 12.3. The molecule has 0 unspecified atom stereocenters. The van der Waals surface area contributed by atoms with Gasteiger partial charge in [-0.2, -0.15) is 0 Å². The number of hydrogen-bond acceptors (Lipinski definition) is 5. The molecule has 188 valence electrons. The largest absolute Gasteiger partial charge is 0.396 e. The van der Waals surface area contributed by atoms with Crippen molar-refractivity contribution in [1.82, 2.24) is 4.90 Å². The highest BCUT2D eigenvalue weighted by Crippen LogP contribution is 2.69. The van der Waals surface area contributed by atoms with Gasteiger partial charge in [-0.3, -0.25) is 0 Å². The summed E-state index contributed by atoms with van der Waals surface area (Å²) in [6, 6.07) is 0. The third-order valence-electron chi connectivity index (χ3n) is 10.5. The Kier molecular flexibility index (Phi) is 7.34. The number of hydrogen-bond donors (Lipinski definition) is 2. The SMILES string of the molecule is CC(/C=N/OCCCN(C)C)=C\[C@H]1CC[C@]2(O)[C@@H]3CC[C@@H]4C[C@@H](O)CC[C@]4(C)[C@H]3CC[C@]12C. The van der Waals surface area contributed by atoms with Crippen LogP contribution < -0.4 is 0 Å². The first-order chi connectivity index (χ1) is 15.6. The topological polar surface area (TPSA) is 65.3 Å². The van der Waals surface area contributed by atoms with Crippen molar-refractivity contribution in [2.24, 2.45) is 39.7 Å². The van der Waals surface area contributed by atoms with Crippen LogP contribution in [0.2, 0.25) is 0 Å². The summed E-state index contributed by atoms with van der Waals surface area (Å²) in [4.78, 5) is 7.60. The molecule has 5 nitrogen and oxygen atoms in total. The molecule has 0 aromatic rings. The Labute approximate surface area is 201 Å². The maximum Gasteiger partial charge on any atom is 0.118 e. The highest BCUT2D eigenvalue weighted by Gasteiger charge is 2.66. The van der Waals surface area contributed by atoms with E-state index in [9.17, 15) is 10.2 Å². The predicted octanol–water partition coefficient (Wildman–Crippen LogP) is 5.02. The summed E-state index contributed by atoms with van der Waals surface area (Å²) in [6.07, 6.45) is 14.7. The van der Waals surface area contributed by atoms with E-state index in [1.807, 2.05) is 6.21 Å². The van der Waals surface area contributed by atoms with E-state index in [4.69, 9.17) is 4.84 Å². The molecule has 4 fully saturated rings. The first kappa shape index (κ1) is 25.2. The van der Waals surface area contributed by atoms with Gasteiger partial charge in [0.1, 0.15) is 6.61 Å². The molecular weight excluding hydrogens is 412 g/mol. The third-order valence-corrected chi connectivity index (χ3v) is 10.5. The maximum atomic E-state index is 12.3. The molecule has 4 aliphatic rings. The van der Waals surface area contributed by atoms with E-state index >= 15 is 0 Å². The molecule has 0 saturated heterocycles. The van der Waals surface area contributed by atoms with Crippen LogP contribution in [0.15, 0.2) is 16.8 Å². The lowest BCUT2D eigenvalue weighted by molar-refractivity contribution is -0.207. The minimum atomic E-state index is -0.568. The summed E-state index contributed by atoms with van der Waals surface area (Å²) in [5, 5.41) is 26.7. The number of fused-ring (bicyclic) bond motifs is 5. The van der Waals surface area contributed by atoms with Gasteiger partial charge >= 0.3 is 0 Å². The van der Waals surface area contributed by atoms with Crippen LogP contribution in [0.1, 0.15) is 85.0 Å². The van der Waals surface area contributed by atoms with Crippen LogP contribution in [0, 0.1) is 34.5 Å². The molecule has 33 heavy (non-hydrogen) atoms. The van der Waals surface area contributed by atoms with Gasteiger partial charge in [-0.05, 0) is 120 Å². The normalized spacial score (nSPS) is 45.7. The van der Waals surface area contributed by atoms with Crippen molar-refractivity contribution in [2.75, 3.05) is 27.2 Å². The van der Waals surface area contributed by atoms with Crippen molar-refractivity contribution in [1.29, 1.82) is 0 Å². The van der Waals surface area contributed by atoms with E-state index < -0.39 is 5.60 Å². The fraction of sp³-hybridized carbons (Fsp3) is 0.893. The van der Waals surface area contributed by atoms with E-state index in [1.54, 1.807) is 0 Å². The first-order valence-electron chi connectivity index (χ1n) is 13.5. The fourth-order valence-corrected chi connectivity index (χ4v) is 8.49. The van der Waals surface area contributed by atoms with Crippen LogP contribution in [-0.2, 0) is 4.84 Å². The quantitative estimate of drug-likeness (QED) is 0.318. The number of aliphatic hydroxyl groups excluding tert-OH is 1. The lowest BCUT2D eigenvalue weighted by atomic mass is 9.43. The second-order valence-electron chi connectivity index (χ2n) is 12.6. The summed E-state index contributed by atoms with van der Waals surface area (Å²) >= 11 is 0. The third kappa shape index (κ3) is 4.54. The Hall–Kier alpha value is -0.910. The zero-order chi connectivity index (χ0) is 23.9. The second kappa shape index (κ2) is 9.62. The molecule has 0 aliphatic heterocycles. The molecule has 0 radical (unpaired) electrons. The lowest BCUT2D eigenvalue weighted by Gasteiger charge is -2.63. The minimum absolute atomic E-state index is 0.0623. The molecule has 5 heteroatoms. The molecule has 0 spiro atoms. The predicted molar refractivity (Wildman–Crippen MR) is 134 cm³/mol. The zero-order valence-electron chi connectivity index (χ0n) is 21.7. The standard InChI is InChI=1S/C28H48N2O3/c1-20(19-29-33-16-6-15-30(4)5)17-22-9-14-28(32)25-8-7-21-18-23(31)10-12-26(21,2)24(25)11-13-27(22,28)3/h17,19,21-25,31-32H,6-16,18H2,1-5H3/b20-17+,29-19+/t21-,22-,23+,24+,25-,26+,27-,28+/m1/s1. The van der Waals surface area contributed by atoms with Crippen molar-refractivity contribution in [2.45, 2.75) is 96.7 Å². The molecule has 0 aromatic carbocycles. The Morgan fingerprint density at radius 1 is 1.06 bits per heavy atom. The lowest BCUT2D eigenvalue weighted by Crippen LogP contribution is -2.62. The number of nitrogens with zero attached hydrogens (tertiary/aromatic N) is 2. The van der Waals surface area contributed by atoms with E-state index in [0.29, 0.717) is 35.7 Å². The molecule has 4 saturated carbocycles. The first-order valence-corrected chi connectivity index (χ1v) is 13.5.